The number of hydrogen-bond donors (Lipinski definition) is 2. The van der Waals surface area contributed by atoms with Crippen molar-refractivity contribution in [2.24, 2.45) is 0 Å². The molecule has 0 spiro atoms. The zero-order chi connectivity index (χ0) is 15.3. The number of aliphatic hydroxyl groups is 1. The van der Waals surface area contributed by atoms with Crippen LogP contribution in [-0.4, -0.2) is 47.7 Å². The highest BCUT2D eigenvalue weighted by Gasteiger charge is 2.35. The molecule has 0 aliphatic carbocycles. The van der Waals surface area contributed by atoms with E-state index in [1.165, 1.54) is 12.8 Å². The number of fused-ring (bicyclic) bond motifs is 4. The molecule has 4 aliphatic rings. The maximum atomic E-state index is 11.6. The molecule has 3 fully saturated rings. The van der Waals surface area contributed by atoms with Gasteiger partial charge in [0.1, 0.15) is 6.61 Å². The maximum absolute atomic E-state index is 11.6. The summed E-state index contributed by atoms with van der Waals surface area (Å²) in [6.07, 6.45) is 1.95. The van der Waals surface area contributed by atoms with E-state index < -0.39 is 6.10 Å². The molecular weight excluding hydrogens is 280 g/mol. The Kier molecular flexibility index (Phi) is 3.44. The number of ether oxygens (including phenoxy) is 1. The third-order valence-electron chi connectivity index (χ3n) is 5.44. The standard InChI is InChI=1S/C17H22N2O3/c1-10-13(4-5-14-15(10)9-22-17(14)21)16(20)8-19-7-11-2-3-12(19)6-18-11/h4-5,11-12,16,18,20H,2-3,6-9H2,1H3. The minimum absolute atomic E-state index is 0.251. The molecule has 0 amide bonds. The third kappa shape index (κ3) is 2.24. The summed E-state index contributed by atoms with van der Waals surface area (Å²) >= 11 is 0. The quantitative estimate of drug-likeness (QED) is 0.820. The molecule has 0 saturated carbocycles. The smallest absolute Gasteiger partial charge is 0.338 e. The highest BCUT2D eigenvalue weighted by molar-refractivity contribution is 5.93. The molecule has 2 bridgehead atoms. The van der Waals surface area contributed by atoms with Gasteiger partial charge in [0, 0.05) is 37.3 Å². The van der Waals surface area contributed by atoms with E-state index in [1.807, 2.05) is 13.0 Å². The van der Waals surface area contributed by atoms with Crippen molar-refractivity contribution < 1.29 is 14.6 Å². The Hall–Kier alpha value is -1.43. The summed E-state index contributed by atoms with van der Waals surface area (Å²) in [6, 6.07) is 4.79. The summed E-state index contributed by atoms with van der Waals surface area (Å²) in [6.45, 7) is 5.02. The van der Waals surface area contributed by atoms with E-state index in [0.29, 0.717) is 30.8 Å². The van der Waals surface area contributed by atoms with Crippen molar-refractivity contribution in [3.05, 3.63) is 34.4 Å². The maximum Gasteiger partial charge on any atom is 0.338 e. The van der Waals surface area contributed by atoms with Gasteiger partial charge in [-0.15, -0.1) is 0 Å². The van der Waals surface area contributed by atoms with Crippen LogP contribution in [0.15, 0.2) is 12.1 Å². The molecule has 0 aromatic heterocycles. The summed E-state index contributed by atoms with van der Waals surface area (Å²) in [4.78, 5) is 14.0. The van der Waals surface area contributed by atoms with Gasteiger partial charge in [0.05, 0.1) is 11.7 Å². The van der Waals surface area contributed by atoms with Gasteiger partial charge in [-0.05, 0) is 37.0 Å². The van der Waals surface area contributed by atoms with Gasteiger partial charge in [-0.3, -0.25) is 4.90 Å². The normalized spacial score (nSPS) is 28.5. The Morgan fingerprint density at radius 2 is 2.32 bits per heavy atom. The average molecular weight is 302 g/mol. The number of carbonyl (C=O) groups is 1. The van der Waals surface area contributed by atoms with Gasteiger partial charge in [-0.2, -0.15) is 0 Å². The summed E-state index contributed by atoms with van der Waals surface area (Å²) in [7, 11) is 0. The minimum atomic E-state index is -0.514. The first-order valence-electron chi connectivity index (χ1n) is 8.08. The van der Waals surface area contributed by atoms with Crippen molar-refractivity contribution in [2.75, 3.05) is 19.6 Å². The first-order chi connectivity index (χ1) is 10.6. The number of nitrogens with one attached hydrogen (secondary N) is 1. The summed E-state index contributed by atoms with van der Waals surface area (Å²) in [5.41, 5.74) is 3.50. The molecule has 1 aromatic rings. The Balaban J connectivity index is 1.54. The molecule has 1 aromatic carbocycles. The fraction of sp³-hybridized carbons (Fsp3) is 0.588. The summed E-state index contributed by atoms with van der Waals surface area (Å²) in [5, 5.41) is 14.2. The monoisotopic (exact) mass is 302 g/mol. The number of aliphatic hydroxyl groups excluding tert-OH is 1. The minimum Gasteiger partial charge on any atom is -0.457 e. The molecule has 3 saturated heterocycles. The Bertz CT molecular complexity index is 608. The SMILES string of the molecule is Cc1c(C(O)CN2CC3CCC2CN3)ccc2c1COC2=O. The van der Waals surface area contributed by atoms with Gasteiger partial charge in [0.25, 0.3) is 0 Å². The van der Waals surface area contributed by atoms with E-state index in [2.05, 4.69) is 10.2 Å². The zero-order valence-corrected chi connectivity index (χ0v) is 12.8. The van der Waals surface area contributed by atoms with Crippen LogP contribution in [-0.2, 0) is 11.3 Å². The molecule has 3 unspecified atom stereocenters. The number of benzene rings is 1. The third-order valence-corrected chi connectivity index (χ3v) is 5.44. The lowest BCUT2D eigenvalue weighted by molar-refractivity contribution is 0.0285. The van der Waals surface area contributed by atoms with Gasteiger partial charge >= 0.3 is 5.97 Å². The van der Waals surface area contributed by atoms with Crippen LogP contribution < -0.4 is 5.32 Å². The second kappa shape index (κ2) is 5.33. The first-order valence-corrected chi connectivity index (χ1v) is 8.08. The second-order valence-electron chi connectivity index (χ2n) is 6.69. The Morgan fingerprint density at radius 3 is 3.00 bits per heavy atom. The van der Waals surface area contributed by atoms with Crippen molar-refractivity contribution in [3.63, 3.8) is 0 Å². The van der Waals surface area contributed by atoms with E-state index in [4.69, 9.17) is 4.74 Å². The van der Waals surface area contributed by atoms with Gasteiger partial charge in [-0.25, -0.2) is 4.79 Å². The largest absolute Gasteiger partial charge is 0.457 e. The lowest BCUT2D eigenvalue weighted by atomic mass is 9.91. The van der Waals surface area contributed by atoms with E-state index in [1.54, 1.807) is 6.07 Å². The molecule has 2 N–H and O–H groups in total. The van der Waals surface area contributed by atoms with Crippen LogP contribution in [0.25, 0.3) is 0 Å². The number of esters is 1. The highest BCUT2D eigenvalue weighted by atomic mass is 16.5. The van der Waals surface area contributed by atoms with Crippen LogP contribution in [0, 0.1) is 6.92 Å². The van der Waals surface area contributed by atoms with Gasteiger partial charge in [0.2, 0.25) is 0 Å². The Morgan fingerprint density at radius 1 is 1.45 bits per heavy atom. The topological polar surface area (TPSA) is 61.8 Å². The number of cyclic esters (lactones) is 1. The number of carbonyl (C=O) groups excluding carboxylic acids is 1. The first kappa shape index (κ1) is 14.2. The molecule has 5 nitrogen and oxygen atoms in total. The number of piperidine rings is 2. The van der Waals surface area contributed by atoms with E-state index >= 15 is 0 Å². The lowest BCUT2D eigenvalue weighted by Gasteiger charge is -2.46. The molecular formula is C17H22N2O3. The number of hydrogen-bond acceptors (Lipinski definition) is 5. The van der Waals surface area contributed by atoms with E-state index in [9.17, 15) is 9.90 Å². The highest BCUT2D eigenvalue weighted by Crippen LogP contribution is 2.31. The van der Waals surface area contributed by atoms with Crippen molar-refractivity contribution in [1.29, 1.82) is 0 Å². The van der Waals surface area contributed by atoms with Crippen molar-refractivity contribution in [2.45, 2.75) is 44.6 Å². The van der Waals surface area contributed by atoms with Gasteiger partial charge in [0.15, 0.2) is 0 Å². The van der Waals surface area contributed by atoms with Crippen LogP contribution in [0.3, 0.4) is 0 Å². The second-order valence-corrected chi connectivity index (χ2v) is 6.69. The molecule has 4 heterocycles. The van der Waals surface area contributed by atoms with Crippen LogP contribution >= 0.6 is 0 Å². The van der Waals surface area contributed by atoms with Gasteiger partial charge in [-0.1, -0.05) is 6.07 Å². The molecule has 5 rings (SSSR count). The number of piperazine rings is 1. The van der Waals surface area contributed by atoms with Crippen LogP contribution in [0.2, 0.25) is 0 Å². The fourth-order valence-corrected chi connectivity index (χ4v) is 4.07. The fourth-order valence-electron chi connectivity index (χ4n) is 4.07. The summed E-state index contributed by atoms with van der Waals surface area (Å²) < 4.78 is 5.09. The van der Waals surface area contributed by atoms with Crippen LogP contribution in [0.5, 0.6) is 0 Å². The molecule has 3 atom stereocenters. The van der Waals surface area contributed by atoms with E-state index in [-0.39, 0.29) is 5.97 Å². The lowest BCUT2D eigenvalue weighted by Crippen LogP contribution is -2.61. The Labute approximate surface area is 130 Å². The molecule has 22 heavy (non-hydrogen) atoms. The molecule has 5 heteroatoms. The molecule has 118 valence electrons. The van der Waals surface area contributed by atoms with Crippen LogP contribution in [0.1, 0.15) is 46.0 Å². The number of rotatable bonds is 3. The van der Waals surface area contributed by atoms with Crippen molar-refractivity contribution in [1.82, 2.24) is 10.2 Å². The molecule has 4 aliphatic heterocycles. The average Bonchev–Trinajstić information content (AvgIpc) is 2.91. The van der Waals surface area contributed by atoms with Crippen molar-refractivity contribution >= 4 is 5.97 Å². The van der Waals surface area contributed by atoms with Gasteiger partial charge < -0.3 is 15.2 Å². The van der Waals surface area contributed by atoms with Crippen LogP contribution in [0.4, 0.5) is 0 Å². The predicted molar refractivity (Wildman–Crippen MR) is 81.6 cm³/mol. The summed E-state index contributed by atoms with van der Waals surface area (Å²) in [5.74, 6) is -0.251. The molecule has 0 radical (unpaired) electrons. The zero-order valence-electron chi connectivity index (χ0n) is 12.8. The predicted octanol–water partition coefficient (Wildman–Crippen LogP) is 1.14. The van der Waals surface area contributed by atoms with E-state index in [0.717, 1.165) is 29.8 Å². The number of nitrogens with zero attached hydrogens (tertiary/aromatic N) is 1. The van der Waals surface area contributed by atoms with Crippen molar-refractivity contribution in [3.8, 4) is 0 Å².